The van der Waals surface area contributed by atoms with E-state index in [-0.39, 0.29) is 18.4 Å². The third kappa shape index (κ3) is 8.43. The number of rotatable bonds is 11. The fraction of sp³-hybridized carbons (Fsp3) is 0.609. The highest BCUT2D eigenvalue weighted by Crippen LogP contribution is 2.09. The van der Waals surface area contributed by atoms with Crippen molar-refractivity contribution in [1.29, 1.82) is 0 Å². The van der Waals surface area contributed by atoms with E-state index in [1.807, 2.05) is 24.3 Å². The van der Waals surface area contributed by atoms with E-state index in [4.69, 9.17) is 0 Å². The maximum atomic E-state index is 12.5. The van der Waals surface area contributed by atoms with Crippen LogP contribution in [0.15, 0.2) is 29.3 Å². The predicted molar refractivity (Wildman–Crippen MR) is 122 cm³/mol. The molecule has 2 amide bonds. The van der Waals surface area contributed by atoms with Crippen molar-refractivity contribution in [2.24, 2.45) is 4.99 Å². The zero-order chi connectivity index (χ0) is 21.6. The molecule has 3 N–H and O–H groups in total. The molecule has 1 saturated heterocycles. The molecule has 1 fully saturated rings. The Morgan fingerprint density at radius 3 is 2.43 bits per heavy atom. The normalized spacial score (nSPS) is 14.4. The van der Waals surface area contributed by atoms with Gasteiger partial charge in [0.05, 0.1) is 6.54 Å². The first-order chi connectivity index (χ1) is 14.6. The molecule has 30 heavy (non-hydrogen) atoms. The quantitative estimate of drug-likeness (QED) is 0.295. The van der Waals surface area contributed by atoms with Gasteiger partial charge >= 0.3 is 0 Å². The Morgan fingerprint density at radius 1 is 1.07 bits per heavy atom. The molecule has 166 valence electrons. The Bertz CT molecular complexity index is 687. The second-order valence-electron chi connectivity index (χ2n) is 7.75. The van der Waals surface area contributed by atoms with Gasteiger partial charge in [0.15, 0.2) is 5.96 Å². The molecule has 2 rings (SSSR count). The Kier molecular flexibility index (Phi) is 10.8. The van der Waals surface area contributed by atoms with Gasteiger partial charge in [0.2, 0.25) is 5.91 Å². The van der Waals surface area contributed by atoms with E-state index >= 15 is 0 Å². The molecule has 1 heterocycles. The lowest BCUT2D eigenvalue weighted by molar-refractivity contribution is -0.123. The third-order valence-electron chi connectivity index (χ3n) is 5.28. The van der Waals surface area contributed by atoms with E-state index in [9.17, 15) is 9.59 Å². The Hall–Kier alpha value is -2.57. The Balaban J connectivity index is 1.68. The first kappa shape index (κ1) is 23.7. The van der Waals surface area contributed by atoms with Crippen molar-refractivity contribution in [1.82, 2.24) is 20.9 Å². The molecule has 0 saturated carbocycles. The zero-order valence-electron chi connectivity index (χ0n) is 18.5. The van der Waals surface area contributed by atoms with Gasteiger partial charge in [-0.25, -0.2) is 0 Å². The van der Waals surface area contributed by atoms with Crippen molar-refractivity contribution in [2.75, 3.05) is 33.2 Å². The maximum Gasteiger partial charge on any atom is 0.254 e. The monoisotopic (exact) mass is 415 g/mol. The molecule has 0 unspecified atom stereocenters. The number of nitrogens with zero attached hydrogens (tertiary/aromatic N) is 2. The van der Waals surface area contributed by atoms with Gasteiger partial charge in [-0.05, 0) is 24.1 Å². The SMILES string of the molecule is CCCCCCCCCNC(=NC)NCc1ccc(C(=O)N2CCNC(=O)C2)cc1. The standard InChI is InChI=1S/C23H37N5O2/c1-3-4-5-6-7-8-9-14-26-23(24-2)27-17-19-10-12-20(13-11-19)22(30)28-16-15-25-21(29)18-28/h10-13H,3-9,14-18H2,1-2H3,(H,25,29)(H2,24,26,27). The van der Waals surface area contributed by atoms with E-state index in [1.54, 1.807) is 11.9 Å². The number of carbonyl (C=O) groups excluding carboxylic acids is 2. The number of guanidine groups is 1. The molecule has 7 heteroatoms. The van der Waals surface area contributed by atoms with Crippen molar-refractivity contribution in [3.8, 4) is 0 Å². The first-order valence-electron chi connectivity index (χ1n) is 11.2. The van der Waals surface area contributed by atoms with Crippen LogP contribution < -0.4 is 16.0 Å². The summed E-state index contributed by atoms with van der Waals surface area (Å²) in [5.41, 5.74) is 1.68. The minimum absolute atomic E-state index is 0.100. The number of unbranched alkanes of at least 4 members (excludes halogenated alkanes) is 6. The number of amides is 2. The zero-order valence-corrected chi connectivity index (χ0v) is 18.5. The minimum atomic E-state index is -0.106. The average Bonchev–Trinajstić information content (AvgIpc) is 2.77. The summed E-state index contributed by atoms with van der Waals surface area (Å²) in [5, 5.41) is 9.41. The summed E-state index contributed by atoms with van der Waals surface area (Å²) < 4.78 is 0. The number of benzene rings is 1. The van der Waals surface area contributed by atoms with E-state index < -0.39 is 0 Å². The van der Waals surface area contributed by atoms with E-state index in [0.717, 1.165) is 24.5 Å². The van der Waals surface area contributed by atoms with Crippen molar-refractivity contribution >= 4 is 17.8 Å². The lowest BCUT2D eigenvalue weighted by atomic mass is 10.1. The summed E-state index contributed by atoms with van der Waals surface area (Å²) in [6.07, 6.45) is 9.04. The van der Waals surface area contributed by atoms with Gasteiger partial charge in [0, 0.05) is 38.8 Å². The molecule has 1 aromatic rings. The maximum absolute atomic E-state index is 12.5. The summed E-state index contributed by atoms with van der Waals surface area (Å²) >= 11 is 0. The summed E-state index contributed by atoms with van der Waals surface area (Å²) in [4.78, 5) is 29.8. The molecular formula is C23H37N5O2. The van der Waals surface area contributed by atoms with E-state index in [2.05, 4.69) is 27.9 Å². The largest absolute Gasteiger partial charge is 0.356 e. The molecule has 1 aromatic carbocycles. The number of hydrogen-bond acceptors (Lipinski definition) is 3. The Labute approximate surface area is 180 Å². The second kappa shape index (κ2) is 13.6. The van der Waals surface area contributed by atoms with Crippen LogP contribution in [0.4, 0.5) is 0 Å². The fourth-order valence-electron chi connectivity index (χ4n) is 3.45. The smallest absolute Gasteiger partial charge is 0.254 e. The molecule has 0 aromatic heterocycles. The molecule has 1 aliphatic rings. The topological polar surface area (TPSA) is 85.8 Å². The van der Waals surface area contributed by atoms with Crippen LogP contribution in [0.1, 0.15) is 67.8 Å². The van der Waals surface area contributed by atoms with Gasteiger partial charge in [0.25, 0.3) is 5.91 Å². The fourth-order valence-corrected chi connectivity index (χ4v) is 3.45. The van der Waals surface area contributed by atoms with Gasteiger partial charge in [-0.2, -0.15) is 0 Å². The van der Waals surface area contributed by atoms with Crippen molar-refractivity contribution in [2.45, 2.75) is 58.4 Å². The van der Waals surface area contributed by atoms with Crippen molar-refractivity contribution in [3.63, 3.8) is 0 Å². The molecule has 0 atom stereocenters. The summed E-state index contributed by atoms with van der Waals surface area (Å²) in [6, 6.07) is 7.52. The third-order valence-corrected chi connectivity index (χ3v) is 5.28. The number of nitrogens with one attached hydrogen (secondary N) is 3. The van der Waals surface area contributed by atoms with Gasteiger partial charge in [-0.3, -0.25) is 14.6 Å². The highest BCUT2D eigenvalue weighted by atomic mass is 16.2. The van der Waals surface area contributed by atoms with Gasteiger partial charge in [0.1, 0.15) is 0 Å². The van der Waals surface area contributed by atoms with Crippen molar-refractivity contribution < 1.29 is 9.59 Å². The van der Waals surface area contributed by atoms with E-state index in [1.165, 1.54) is 38.5 Å². The number of carbonyl (C=O) groups is 2. The summed E-state index contributed by atoms with van der Waals surface area (Å²) in [7, 11) is 1.77. The van der Waals surface area contributed by atoms with Gasteiger partial charge in [-0.1, -0.05) is 57.6 Å². The van der Waals surface area contributed by atoms with Crippen LogP contribution in [-0.2, 0) is 11.3 Å². The van der Waals surface area contributed by atoms with Crippen LogP contribution in [-0.4, -0.2) is 55.9 Å². The van der Waals surface area contributed by atoms with Crippen LogP contribution in [0.3, 0.4) is 0 Å². The van der Waals surface area contributed by atoms with Crippen LogP contribution in [0.25, 0.3) is 0 Å². The second-order valence-corrected chi connectivity index (χ2v) is 7.75. The highest BCUT2D eigenvalue weighted by molar-refractivity contribution is 5.97. The van der Waals surface area contributed by atoms with Crippen LogP contribution >= 0.6 is 0 Å². The molecule has 1 aliphatic heterocycles. The summed E-state index contributed by atoms with van der Waals surface area (Å²) in [5.74, 6) is 0.586. The molecule has 0 bridgehead atoms. The average molecular weight is 416 g/mol. The molecular weight excluding hydrogens is 378 g/mol. The number of piperazine rings is 1. The minimum Gasteiger partial charge on any atom is -0.356 e. The van der Waals surface area contributed by atoms with E-state index in [0.29, 0.717) is 25.2 Å². The molecule has 7 nitrogen and oxygen atoms in total. The van der Waals surface area contributed by atoms with Crippen LogP contribution in [0.2, 0.25) is 0 Å². The lowest BCUT2D eigenvalue weighted by Crippen LogP contribution is -2.49. The van der Waals surface area contributed by atoms with Crippen LogP contribution in [0, 0.1) is 0 Å². The Morgan fingerprint density at radius 2 is 1.77 bits per heavy atom. The van der Waals surface area contributed by atoms with Gasteiger partial charge in [-0.15, -0.1) is 0 Å². The lowest BCUT2D eigenvalue weighted by Gasteiger charge is -2.26. The van der Waals surface area contributed by atoms with Crippen molar-refractivity contribution in [3.05, 3.63) is 35.4 Å². The van der Waals surface area contributed by atoms with Crippen LogP contribution in [0.5, 0.6) is 0 Å². The van der Waals surface area contributed by atoms with Gasteiger partial charge < -0.3 is 20.9 Å². The highest BCUT2D eigenvalue weighted by Gasteiger charge is 2.22. The first-order valence-corrected chi connectivity index (χ1v) is 11.2. The predicted octanol–water partition coefficient (Wildman–Crippen LogP) is 2.67. The number of aliphatic imine (C=N–C) groups is 1. The molecule has 0 spiro atoms. The summed E-state index contributed by atoms with van der Waals surface area (Å²) in [6.45, 7) is 4.99. The molecule has 0 radical (unpaired) electrons. The number of hydrogen-bond donors (Lipinski definition) is 3. The molecule has 0 aliphatic carbocycles.